The van der Waals surface area contributed by atoms with E-state index in [0.717, 1.165) is 33.3 Å². The van der Waals surface area contributed by atoms with Gasteiger partial charge < -0.3 is 9.47 Å². The van der Waals surface area contributed by atoms with Crippen LogP contribution in [-0.2, 0) is 0 Å². The first kappa shape index (κ1) is 14.7. The second-order valence-corrected chi connectivity index (χ2v) is 6.35. The van der Waals surface area contributed by atoms with Crippen LogP contribution in [0, 0.1) is 0 Å². The van der Waals surface area contributed by atoms with Crippen molar-refractivity contribution >= 4 is 21.4 Å². The molecule has 4 aromatic rings. The number of fused-ring (bicyclic) bond motifs is 1. The molecule has 24 heavy (non-hydrogen) atoms. The number of aromatic amines is 1. The highest BCUT2D eigenvalue weighted by molar-refractivity contribution is 7.22. The average molecular weight is 337 g/mol. The van der Waals surface area contributed by atoms with Gasteiger partial charge in [0, 0.05) is 16.3 Å². The van der Waals surface area contributed by atoms with Crippen LogP contribution < -0.4 is 9.47 Å². The highest BCUT2D eigenvalue weighted by Gasteiger charge is 2.16. The summed E-state index contributed by atoms with van der Waals surface area (Å²) in [5.41, 5.74) is 2.50. The number of nitrogens with one attached hydrogen (secondary N) is 1. The summed E-state index contributed by atoms with van der Waals surface area (Å²) < 4.78 is 11.9. The molecule has 2 aromatic heterocycles. The van der Waals surface area contributed by atoms with Crippen molar-refractivity contribution in [1.29, 1.82) is 0 Å². The maximum Gasteiger partial charge on any atom is 0.130 e. The molecule has 0 fully saturated rings. The van der Waals surface area contributed by atoms with Crippen molar-refractivity contribution < 1.29 is 9.47 Å². The normalized spacial score (nSPS) is 10.9. The van der Waals surface area contributed by atoms with E-state index in [1.54, 1.807) is 25.6 Å². The maximum absolute atomic E-state index is 5.35. The minimum atomic E-state index is 0.717. The standard InChI is InChI=1S/C18H15N3O2S/c1-22-13-7-12(8-14(10-13)23-2)17-18(20-21-19-17)16-9-11-5-3-4-6-15(11)24-16/h3-10H,1-2H3,(H,19,20,21). The smallest absolute Gasteiger partial charge is 0.130 e. The number of ether oxygens (including phenoxy) is 2. The van der Waals surface area contributed by atoms with Crippen LogP contribution in [0.2, 0.25) is 0 Å². The molecule has 6 heteroatoms. The molecule has 1 N–H and O–H groups in total. The Morgan fingerprint density at radius 3 is 2.29 bits per heavy atom. The number of thiophene rings is 1. The molecule has 0 saturated heterocycles. The van der Waals surface area contributed by atoms with Gasteiger partial charge in [-0.1, -0.05) is 18.2 Å². The Labute approximate surface area is 142 Å². The number of H-pyrrole nitrogens is 1. The number of hydrogen-bond donors (Lipinski definition) is 1. The second kappa shape index (κ2) is 5.98. The zero-order chi connectivity index (χ0) is 16.5. The molecule has 2 aromatic carbocycles. The van der Waals surface area contributed by atoms with Crippen molar-refractivity contribution in [2.75, 3.05) is 14.2 Å². The molecule has 0 amide bonds. The van der Waals surface area contributed by atoms with Crippen LogP contribution >= 0.6 is 11.3 Å². The molecule has 0 spiro atoms. The van der Waals surface area contributed by atoms with E-state index in [1.165, 1.54) is 10.1 Å². The minimum Gasteiger partial charge on any atom is -0.497 e. The van der Waals surface area contributed by atoms with Crippen molar-refractivity contribution in [1.82, 2.24) is 15.4 Å². The molecule has 0 aliphatic heterocycles. The Kier molecular flexibility index (Phi) is 3.66. The van der Waals surface area contributed by atoms with Crippen molar-refractivity contribution in [3.8, 4) is 33.3 Å². The molecule has 5 nitrogen and oxygen atoms in total. The van der Waals surface area contributed by atoms with E-state index in [4.69, 9.17) is 9.47 Å². The molecule has 0 saturated carbocycles. The number of rotatable bonds is 4. The van der Waals surface area contributed by atoms with E-state index < -0.39 is 0 Å². The second-order valence-electron chi connectivity index (χ2n) is 5.27. The molecule has 0 radical (unpaired) electrons. The van der Waals surface area contributed by atoms with Crippen molar-refractivity contribution in [2.24, 2.45) is 0 Å². The summed E-state index contributed by atoms with van der Waals surface area (Å²) in [6, 6.07) is 16.1. The first-order chi connectivity index (χ1) is 11.8. The van der Waals surface area contributed by atoms with Gasteiger partial charge in [-0.15, -0.1) is 11.3 Å². The number of hydrogen-bond acceptors (Lipinski definition) is 5. The van der Waals surface area contributed by atoms with Crippen LogP contribution in [0.5, 0.6) is 11.5 Å². The number of aromatic nitrogens is 3. The minimum absolute atomic E-state index is 0.717. The van der Waals surface area contributed by atoms with E-state index in [9.17, 15) is 0 Å². The number of nitrogens with zero attached hydrogens (tertiary/aromatic N) is 2. The van der Waals surface area contributed by atoms with Crippen LogP contribution in [0.15, 0.2) is 48.5 Å². The third-order valence-electron chi connectivity index (χ3n) is 3.83. The van der Waals surface area contributed by atoms with Gasteiger partial charge in [-0.25, -0.2) is 0 Å². The first-order valence-corrected chi connectivity index (χ1v) is 8.23. The summed E-state index contributed by atoms with van der Waals surface area (Å²) >= 11 is 1.70. The molecule has 0 bridgehead atoms. The summed E-state index contributed by atoms with van der Waals surface area (Å²) in [5.74, 6) is 1.43. The molecule has 0 aliphatic carbocycles. The SMILES string of the molecule is COc1cc(OC)cc(-c2n[nH]nc2-c2cc3ccccc3s2)c1. The molecule has 120 valence electrons. The molecular formula is C18H15N3O2S. The van der Waals surface area contributed by atoms with Gasteiger partial charge in [0.15, 0.2) is 0 Å². The quantitative estimate of drug-likeness (QED) is 0.601. The first-order valence-electron chi connectivity index (χ1n) is 7.41. The van der Waals surface area contributed by atoms with Gasteiger partial charge in [0.25, 0.3) is 0 Å². The van der Waals surface area contributed by atoms with Gasteiger partial charge in [-0.3, -0.25) is 0 Å². The Hall–Kier alpha value is -2.86. The van der Waals surface area contributed by atoms with Crippen LogP contribution in [0.25, 0.3) is 31.9 Å². The fourth-order valence-electron chi connectivity index (χ4n) is 2.65. The van der Waals surface area contributed by atoms with Crippen molar-refractivity contribution in [2.45, 2.75) is 0 Å². The summed E-state index contributed by atoms with van der Waals surface area (Å²) in [6.45, 7) is 0. The summed E-state index contributed by atoms with van der Waals surface area (Å²) in [7, 11) is 3.27. The van der Waals surface area contributed by atoms with Crippen LogP contribution in [0.4, 0.5) is 0 Å². The lowest BCUT2D eigenvalue weighted by atomic mass is 10.1. The maximum atomic E-state index is 5.35. The zero-order valence-electron chi connectivity index (χ0n) is 13.2. The van der Waals surface area contributed by atoms with E-state index >= 15 is 0 Å². The largest absolute Gasteiger partial charge is 0.497 e. The molecule has 0 unspecified atom stereocenters. The monoisotopic (exact) mass is 337 g/mol. The summed E-state index contributed by atoms with van der Waals surface area (Å²) in [5, 5.41) is 12.6. The van der Waals surface area contributed by atoms with Gasteiger partial charge in [0.2, 0.25) is 0 Å². The third kappa shape index (κ3) is 2.51. The summed E-state index contributed by atoms with van der Waals surface area (Å²) in [6.07, 6.45) is 0. The predicted octanol–water partition coefficient (Wildman–Crippen LogP) is 4.37. The average Bonchev–Trinajstić information content (AvgIpc) is 3.27. The van der Waals surface area contributed by atoms with Crippen LogP contribution in [0.3, 0.4) is 0 Å². The fraction of sp³-hybridized carbons (Fsp3) is 0.111. The van der Waals surface area contributed by atoms with Gasteiger partial charge >= 0.3 is 0 Å². The molecular weight excluding hydrogens is 322 g/mol. The predicted molar refractivity (Wildman–Crippen MR) is 95.7 cm³/mol. The van der Waals surface area contributed by atoms with Crippen LogP contribution in [0.1, 0.15) is 0 Å². The molecule has 0 aliphatic rings. The highest BCUT2D eigenvalue weighted by atomic mass is 32.1. The van der Waals surface area contributed by atoms with Gasteiger partial charge in [-0.05, 0) is 29.7 Å². The molecule has 2 heterocycles. The van der Waals surface area contributed by atoms with E-state index in [0.29, 0.717) is 0 Å². The van der Waals surface area contributed by atoms with Gasteiger partial charge in [-0.2, -0.15) is 15.4 Å². The Balaban J connectivity index is 1.85. The van der Waals surface area contributed by atoms with E-state index in [-0.39, 0.29) is 0 Å². The summed E-state index contributed by atoms with van der Waals surface area (Å²) in [4.78, 5) is 1.07. The van der Waals surface area contributed by atoms with Crippen molar-refractivity contribution in [3.63, 3.8) is 0 Å². The van der Waals surface area contributed by atoms with E-state index in [1.807, 2.05) is 30.3 Å². The number of methoxy groups -OCH3 is 2. The topological polar surface area (TPSA) is 60.0 Å². The molecule has 0 atom stereocenters. The van der Waals surface area contributed by atoms with E-state index in [2.05, 4.69) is 33.6 Å². The lowest BCUT2D eigenvalue weighted by molar-refractivity contribution is 0.394. The highest BCUT2D eigenvalue weighted by Crippen LogP contribution is 2.38. The fourth-order valence-corrected chi connectivity index (χ4v) is 3.70. The lowest BCUT2D eigenvalue weighted by Gasteiger charge is -2.07. The zero-order valence-corrected chi connectivity index (χ0v) is 14.1. The molecule has 4 rings (SSSR count). The van der Waals surface area contributed by atoms with Crippen LogP contribution in [-0.4, -0.2) is 29.6 Å². The Morgan fingerprint density at radius 2 is 1.58 bits per heavy atom. The van der Waals surface area contributed by atoms with Gasteiger partial charge in [0.05, 0.1) is 19.1 Å². The van der Waals surface area contributed by atoms with Crippen molar-refractivity contribution in [3.05, 3.63) is 48.5 Å². The third-order valence-corrected chi connectivity index (χ3v) is 4.95. The Morgan fingerprint density at radius 1 is 0.875 bits per heavy atom. The number of benzene rings is 2. The van der Waals surface area contributed by atoms with Gasteiger partial charge in [0.1, 0.15) is 22.9 Å². The Bertz CT molecular complexity index is 951. The lowest BCUT2D eigenvalue weighted by Crippen LogP contribution is -1.90.